The maximum Gasteiger partial charge on any atom is 0.232 e. The number of likely N-dealkylation sites (tertiary alicyclic amines) is 1. The first-order valence-electron chi connectivity index (χ1n) is 8.14. The van der Waals surface area contributed by atoms with Crippen LogP contribution in [0.4, 0.5) is 0 Å². The van der Waals surface area contributed by atoms with E-state index in [9.17, 15) is 9.59 Å². The van der Waals surface area contributed by atoms with Crippen LogP contribution in [0.5, 0.6) is 0 Å². The van der Waals surface area contributed by atoms with E-state index < -0.39 is 5.79 Å². The van der Waals surface area contributed by atoms with Crippen LogP contribution >= 0.6 is 11.6 Å². The third-order valence-electron chi connectivity index (χ3n) is 4.44. The molecular weight excluding hydrogens is 332 g/mol. The number of amides is 2. The van der Waals surface area contributed by atoms with Gasteiger partial charge in [0.15, 0.2) is 5.79 Å². The van der Waals surface area contributed by atoms with Crippen LogP contribution in [0.1, 0.15) is 24.8 Å². The topological polar surface area (TPSA) is 67.9 Å². The van der Waals surface area contributed by atoms with Gasteiger partial charge in [-0.2, -0.15) is 0 Å². The van der Waals surface area contributed by atoms with Gasteiger partial charge in [0.1, 0.15) is 6.42 Å². The van der Waals surface area contributed by atoms with Gasteiger partial charge in [-0.15, -0.1) is 0 Å². The van der Waals surface area contributed by atoms with Gasteiger partial charge in [-0.3, -0.25) is 9.59 Å². The van der Waals surface area contributed by atoms with E-state index in [1.54, 1.807) is 11.0 Å². The van der Waals surface area contributed by atoms with Crippen LogP contribution in [0.15, 0.2) is 24.3 Å². The largest absolute Gasteiger partial charge is 0.352 e. The normalized spacial score (nSPS) is 19.5. The Morgan fingerprint density at radius 3 is 2.50 bits per heavy atom. The van der Waals surface area contributed by atoms with Crippen molar-refractivity contribution in [3.05, 3.63) is 34.9 Å². The van der Waals surface area contributed by atoms with Gasteiger partial charge in [0.25, 0.3) is 0 Å². The Bertz CT molecular complexity index is 606. The molecule has 0 radical (unpaired) electrons. The fourth-order valence-corrected chi connectivity index (χ4v) is 3.23. The standard InChI is InChI=1S/C17H21ClN2O4/c18-14-4-2-1-3-13(14)12-19-15(21)11-16(22)20-7-5-17(6-8-20)23-9-10-24-17/h1-4H,5-12H2,(H,19,21). The molecule has 6 nitrogen and oxygen atoms in total. The van der Waals surface area contributed by atoms with Crippen LogP contribution < -0.4 is 5.32 Å². The first kappa shape index (κ1) is 17.2. The molecule has 0 atom stereocenters. The Morgan fingerprint density at radius 2 is 1.83 bits per heavy atom. The van der Waals surface area contributed by atoms with Gasteiger partial charge in [0, 0.05) is 37.5 Å². The minimum Gasteiger partial charge on any atom is -0.352 e. The molecule has 3 rings (SSSR count). The number of carbonyl (C=O) groups excluding carboxylic acids is 2. The summed E-state index contributed by atoms with van der Waals surface area (Å²) in [6, 6.07) is 7.30. The van der Waals surface area contributed by atoms with Crippen LogP contribution in [-0.4, -0.2) is 48.8 Å². The number of ether oxygens (including phenoxy) is 2. The molecule has 1 aromatic carbocycles. The lowest BCUT2D eigenvalue weighted by molar-refractivity contribution is -0.187. The summed E-state index contributed by atoms with van der Waals surface area (Å²) >= 11 is 6.04. The molecule has 2 heterocycles. The molecule has 24 heavy (non-hydrogen) atoms. The smallest absolute Gasteiger partial charge is 0.232 e. The second kappa shape index (κ2) is 7.51. The maximum absolute atomic E-state index is 12.2. The average Bonchev–Trinajstić information content (AvgIpc) is 3.03. The maximum atomic E-state index is 12.2. The van der Waals surface area contributed by atoms with Crippen molar-refractivity contribution in [2.75, 3.05) is 26.3 Å². The van der Waals surface area contributed by atoms with Crippen molar-refractivity contribution in [3.8, 4) is 0 Å². The van der Waals surface area contributed by atoms with E-state index in [2.05, 4.69) is 5.32 Å². The molecule has 0 bridgehead atoms. The highest BCUT2D eigenvalue weighted by atomic mass is 35.5. The van der Waals surface area contributed by atoms with Crippen molar-refractivity contribution in [3.63, 3.8) is 0 Å². The summed E-state index contributed by atoms with van der Waals surface area (Å²) in [6.45, 7) is 2.64. The number of hydrogen-bond acceptors (Lipinski definition) is 4. The Kier molecular flexibility index (Phi) is 5.38. The van der Waals surface area contributed by atoms with Gasteiger partial charge < -0.3 is 19.7 Å². The molecule has 1 spiro atoms. The van der Waals surface area contributed by atoms with Gasteiger partial charge in [-0.1, -0.05) is 29.8 Å². The Hall–Kier alpha value is -1.63. The van der Waals surface area contributed by atoms with Gasteiger partial charge in [0.05, 0.1) is 13.2 Å². The van der Waals surface area contributed by atoms with Crippen LogP contribution in [0, 0.1) is 0 Å². The Labute approximate surface area is 146 Å². The van der Waals surface area contributed by atoms with E-state index in [0.29, 0.717) is 50.7 Å². The zero-order valence-corrected chi connectivity index (χ0v) is 14.2. The molecule has 1 aromatic rings. The highest BCUT2D eigenvalue weighted by Gasteiger charge is 2.40. The number of rotatable bonds is 4. The van der Waals surface area contributed by atoms with Gasteiger partial charge >= 0.3 is 0 Å². The number of hydrogen-bond donors (Lipinski definition) is 1. The predicted molar refractivity (Wildman–Crippen MR) is 88.4 cm³/mol. The summed E-state index contributed by atoms with van der Waals surface area (Å²) in [7, 11) is 0. The van der Waals surface area contributed by atoms with Gasteiger partial charge in [-0.05, 0) is 11.6 Å². The quantitative estimate of drug-likeness (QED) is 0.838. The average molecular weight is 353 g/mol. The number of nitrogens with zero attached hydrogens (tertiary/aromatic N) is 1. The lowest BCUT2D eigenvalue weighted by Crippen LogP contribution is -2.48. The van der Waals surface area contributed by atoms with Crippen molar-refractivity contribution in [2.24, 2.45) is 0 Å². The molecule has 1 N–H and O–H groups in total. The fourth-order valence-electron chi connectivity index (χ4n) is 3.03. The summed E-state index contributed by atoms with van der Waals surface area (Å²) in [5.41, 5.74) is 0.829. The lowest BCUT2D eigenvalue weighted by Gasteiger charge is -2.37. The third kappa shape index (κ3) is 4.06. The molecule has 2 aliphatic rings. The van der Waals surface area contributed by atoms with Crippen LogP contribution in [0.25, 0.3) is 0 Å². The van der Waals surface area contributed by atoms with Crippen molar-refractivity contribution >= 4 is 23.4 Å². The fraction of sp³-hybridized carbons (Fsp3) is 0.529. The summed E-state index contributed by atoms with van der Waals surface area (Å²) < 4.78 is 11.3. The number of carbonyl (C=O) groups is 2. The van der Waals surface area contributed by atoms with E-state index in [0.717, 1.165) is 5.56 Å². The molecule has 0 aliphatic carbocycles. The van der Waals surface area contributed by atoms with E-state index in [-0.39, 0.29) is 18.2 Å². The molecule has 2 saturated heterocycles. The summed E-state index contributed by atoms with van der Waals surface area (Å²) in [5.74, 6) is -0.976. The van der Waals surface area contributed by atoms with Crippen LogP contribution in [0.3, 0.4) is 0 Å². The van der Waals surface area contributed by atoms with Crippen LogP contribution in [0.2, 0.25) is 5.02 Å². The molecule has 0 saturated carbocycles. The number of halogens is 1. The second-order valence-corrected chi connectivity index (χ2v) is 6.44. The first-order valence-corrected chi connectivity index (χ1v) is 8.52. The minimum absolute atomic E-state index is 0.154. The SMILES string of the molecule is O=C(CC(=O)N1CCC2(CC1)OCCO2)NCc1ccccc1Cl. The monoisotopic (exact) mass is 352 g/mol. The number of piperidine rings is 1. The van der Waals surface area contributed by atoms with Gasteiger partial charge in [0.2, 0.25) is 11.8 Å². The molecule has 2 fully saturated rings. The first-order chi connectivity index (χ1) is 11.6. The summed E-state index contributed by atoms with van der Waals surface area (Å²) in [4.78, 5) is 25.9. The van der Waals surface area contributed by atoms with E-state index in [1.165, 1.54) is 0 Å². The predicted octanol–water partition coefficient (Wildman–Crippen LogP) is 1.71. The van der Waals surface area contributed by atoms with E-state index >= 15 is 0 Å². The van der Waals surface area contributed by atoms with E-state index in [4.69, 9.17) is 21.1 Å². The zero-order chi connectivity index (χ0) is 17.0. The lowest BCUT2D eigenvalue weighted by atomic mass is 10.0. The Morgan fingerprint density at radius 1 is 1.17 bits per heavy atom. The van der Waals surface area contributed by atoms with Crippen LogP contribution in [-0.2, 0) is 25.6 Å². The van der Waals surface area contributed by atoms with E-state index in [1.807, 2.05) is 18.2 Å². The van der Waals surface area contributed by atoms with Gasteiger partial charge in [-0.25, -0.2) is 0 Å². The van der Waals surface area contributed by atoms with Crippen molar-refractivity contribution in [1.82, 2.24) is 10.2 Å². The molecule has 2 amide bonds. The van der Waals surface area contributed by atoms with Crippen molar-refractivity contribution in [1.29, 1.82) is 0 Å². The third-order valence-corrected chi connectivity index (χ3v) is 4.81. The molecule has 2 aliphatic heterocycles. The molecule has 7 heteroatoms. The molecule has 130 valence electrons. The van der Waals surface area contributed by atoms with Crippen molar-refractivity contribution in [2.45, 2.75) is 31.6 Å². The molecule has 0 aromatic heterocycles. The summed E-state index contributed by atoms with van der Waals surface area (Å²) in [6.07, 6.45) is 1.15. The zero-order valence-electron chi connectivity index (χ0n) is 13.4. The second-order valence-electron chi connectivity index (χ2n) is 6.03. The van der Waals surface area contributed by atoms with Crippen molar-refractivity contribution < 1.29 is 19.1 Å². The molecule has 0 unspecified atom stereocenters. The number of nitrogens with one attached hydrogen (secondary N) is 1. The Balaban J connectivity index is 1.43. The number of benzene rings is 1. The minimum atomic E-state index is -0.511. The highest BCUT2D eigenvalue weighted by Crippen LogP contribution is 2.31. The molecular formula is C17H21ClN2O4. The highest BCUT2D eigenvalue weighted by molar-refractivity contribution is 6.31. The summed E-state index contributed by atoms with van der Waals surface area (Å²) in [5, 5.41) is 3.34.